The first-order valence-electron chi connectivity index (χ1n) is 10.7. The summed E-state index contributed by atoms with van der Waals surface area (Å²) in [5.74, 6) is -3.12. The number of esters is 1. The molecule has 0 saturated carbocycles. The second-order valence-corrected chi connectivity index (χ2v) is 8.22. The number of aliphatic hydroxyl groups is 4. The SMILES string of the molecule is O=C1O[C@@H](c2ccc(O[C@H]3O[C@@H](CO)[C@@H](O)[C@H](O)[C@@H]3O)cc2)[C@@H](C(=O)O)C1=Cc1ccc(O)cc1. The van der Waals surface area contributed by atoms with Gasteiger partial charge in [-0.05, 0) is 41.5 Å². The van der Waals surface area contributed by atoms with Gasteiger partial charge in [0.05, 0.1) is 12.2 Å². The Kier molecular flexibility index (Phi) is 7.05. The quantitative estimate of drug-likeness (QED) is 0.237. The lowest BCUT2D eigenvalue weighted by Gasteiger charge is -2.39. The van der Waals surface area contributed by atoms with Crippen LogP contribution in [-0.4, -0.2) is 79.9 Å². The number of benzene rings is 2. The Morgan fingerprint density at radius 2 is 1.63 bits per heavy atom. The minimum Gasteiger partial charge on any atom is -0.508 e. The van der Waals surface area contributed by atoms with Crippen molar-refractivity contribution in [2.24, 2.45) is 5.92 Å². The van der Waals surface area contributed by atoms with E-state index in [2.05, 4.69) is 0 Å². The highest BCUT2D eigenvalue weighted by Gasteiger charge is 2.46. The summed E-state index contributed by atoms with van der Waals surface area (Å²) in [6, 6.07) is 11.7. The van der Waals surface area contributed by atoms with Crippen LogP contribution in [0.4, 0.5) is 0 Å². The summed E-state index contributed by atoms with van der Waals surface area (Å²) in [5, 5.41) is 58.4. The molecule has 4 rings (SSSR count). The molecule has 0 radical (unpaired) electrons. The van der Waals surface area contributed by atoms with E-state index in [9.17, 15) is 40.2 Å². The van der Waals surface area contributed by atoms with E-state index >= 15 is 0 Å². The van der Waals surface area contributed by atoms with E-state index in [4.69, 9.17) is 14.2 Å². The van der Waals surface area contributed by atoms with Gasteiger partial charge in [0.1, 0.15) is 47.9 Å². The summed E-state index contributed by atoms with van der Waals surface area (Å²) in [5.41, 5.74) is 0.848. The number of cyclic esters (lactones) is 1. The largest absolute Gasteiger partial charge is 0.508 e. The topological polar surface area (TPSA) is 183 Å². The number of carboxylic acid groups (broad SMARTS) is 1. The summed E-state index contributed by atoms with van der Waals surface area (Å²) in [7, 11) is 0. The molecule has 2 aromatic carbocycles. The van der Waals surface area contributed by atoms with Crippen LogP contribution in [-0.2, 0) is 19.1 Å². The zero-order valence-electron chi connectivity index (χ0n) is 18.2. The number of phenols is 1. The molecule has 7 atom stereocenters. The van der Waals surface area contributed by atoms with Gasteiger partial charge < -0.3 is 44.8 Å². The lowest BCUT2D eigenvalue weighted by Crippen LogP contribution is -2.60. The minimum absolute atomic E-state index is 0.0276. The molecule has 6 N–H and O–H groups in total. The molecule has 2 aliphatic rings. The van der Waals surface area contributed by atoms with E-state index in [0.717, 1.165) is 0 Å². The molecule has 35 heavy (non-hydrogen) atoms. The summed E-state index contributed by atoms with van der Waals surface area (Å²) in [6.45, 7) is -0.604. The highest BCUT2D eigenvalue weighted by Crippen LogP contribution is 2.40. The summed E-state index contributed by atoms with van der Waals surface area (Å²) in [4.78, 5) is 24.5. The summed E-state index contributed by atoms with van der Waals surface area (Å²) < 4.78 is 16.2. The number of rotatable bonds is 6. The van der Waals surface area contributed by atoms with Crippen LogP contribution in [0.1, 0.15) is 17.2 Å². The van der Waals surface area contributed by atoms with Crippen molar-refractivity contribution in [3.8, 4) is 11.5 Å². The Morgan fingerprint density at radius 3 is 2.23 bits per heavy atom. The number of phenolic OH excluding ortho intramolecular Hbond substituents is 1. The molecule has 0 aliphatic carbocycles. The third kappa shape index (κ3) is 4.99. The van der Waals surface area contributed by atoms with E-state index in [1.807, 2.05) is 0 Å². The number of ether oxygens (including phenoxy) is 3. The average molecular weight is 488 g/mol. The molecule has 2 saturated heterocycles. The Balaban J connectivity index is 1.53. The fourth-order valence-corrected chi connectivity index (χ4v) is 4.00. The van der Waals surface area contributed by atoms with Crippen LogP contribution in [0.3, 0.4) is 0 Å². The molecule has 0 unspecified atom stereocenters. The third-order valence-electron chi connectivity index (χ3n) is 5.90. The molecule has 0 spiro atoms. The number of carbonyl (C=O) groups excluding carboxylic acids is 1. The van der Waals surface area contributed by atoms with Gasteiger partial charge in [-0.1, -0.05) is 24.3 Å². The first-order chi connectivity index (χ1) is 16.7. The summed E-state index contributed by atoms with van der Waals surface area (Å²) in [6.07, 6.45) is -6.93. The fourth-order valence-electron chi connectivity index (χ4n) is 4.00. The smallest absolute Gasteiger partial charge is 0.335 e. The lowest BCUT2D eigenvalue weighted by atomic mass is 9.90. The van der Waals surface area contributed by atoms with E-state index in [1.165, 1.54) is 54.6 Å². The van der Waals surface area contributed by atoms with Crippen molar-refractivity contribution in [3.63, 3.8) is 0 Å². The van der Waals surface area contributed by atoms with Gasteiger partial charge in [0.25, 0.3) is 0 Å². The van der Waals surface area contributed by atoms with Crippen molar-refractivity contribution >= 4 is 18.0 Å². The van der Waals surface area contributed by atoms with Gasteiger partial charge in [-0.25, -0.2) is 4.79 Å². The Bertz CT molecular complexity index is 1090. The Labute approximate surface area is 199 Å². The van der Waals surface area contributed by atoms with Crippen LogP contribution in [0.5, 0.6) is 11.5 Å². The Morgan fingerprint density at radius 1 is 0.971 bits per heavy atom. The average Bonchev–Trinajstić information content (AvgIpc) is 3.17. The predicted octanol–water partition coefficient (Wildman–Crippen LogP) is -0.0468. The third-order valence-corrected chi connectivity index (χ3v) is 5.90. The van der Waals surface area contributed by atoms with Gasteiger partial charge in [-0.3, -0.25) is 4.79 Å². The molecule has 0 aromatic heterocycles. The molecular formula is C24H24O11. The van der Waals surface area contributed by atoms with Crippen molar-refractivity contribution in [2.45, 2.75) is 36.8 Å². The molecule has 11 heteroatoms. The zero-order chi connectivity index (χ0) is 25.3. The number of carbonyl (C=O) groups is 2. The van der Waals surface area contributed by atoms with Gasteiger partial charge in [0.2, 0.25) is 6.29 Å². The maximum atomic E-state index is 12.5. The Hall–Kier alpha value is -3.48. The molecular weight excluding hydrogens is 464 g/mol. The summed E-state index contributed by atoms with van der Waals surface area (Å²) >= 11 is 0. The zero-order valence-corrected chi connectivity index (χ0v) is 18.2. The van der Waals surface area contributed by atoms with Gasteiger partial charge >= 0.3 is 11.9 Å². The lowest BCUT2D eigenvalue weighted by molar-refractivity contribution is -0.277. The van der Waals surface area contributed by atoms with Crippen LogP contribution in [0.25, 0.3) is 6.08 Å². The van der Waals surface area contributed by atoms with Gasteiger partial charge in [0, 0.05) is 0 Å². The maximum absolute atomic E-state index is 12.5. The van der Waals surface area contributed by atoms with E-state index in [1.54, 1.807) is 0 Å². The van der Waals surface area contributed by atoms with Crippen molar-refractivity contribution in [2.75, 3.05) is 6.61 Å². The standard InChI is InChI=1S/C24H24O11/c25-10-16-18(27)19(28)20(29)24(34-16)33-14-7-3-12(4-8-14)21-17(22(30)31)15(23(32)35-21)9-11-1-5-13(26)6-2-11/h1-9,16-21,24-29H,10H2,(H,30,31)/t16-,17-,18+,19-,20-,21-,24-/m0/s1. The number of carboxylic acids is 1. The predicted molar refractivity (Wildman–Crippen MR) is 117 cm³/mol. The number of aliphatic carboxylic acids is 1. The van der Waals surface area contributed by atoms with Crippen LogP contribution in [0.15, 0.2) is 54.1 Å². The van der Waals surface area contributed by atoms with Crippen LogP contribution in [0.2, 0.25) is 0 Å². The molecule has 11 nitrogen and oxygen atoms in total. The second kappa shape index (κ2) is 10.0. The number of hydrogen-bond donors (Lipinski definition) is 6. The van der Waals surface area contributed by atoms with Gasteiger partial charge in [-0.15, -0.1) is 0 Å². The maximum Gasteiger partial charge on any atom is 0.335 e. The monoisotopic (exact) mass is 488 g/mol. The highest BCUT2D eigenvalue weighted by atomic mass is 16.7. The van der Waals surface area contributed by atoms with Crippen molar-refractivity contribution in [1.29, 1.82) is 0 Å². The highest BCUT2D eigenvalue weighted by molar-refractivity contribution is 6.02. The molecule has 0 bridgehead atoms. The normalized spacial score (nSPS) is 31.8. The number of hydrogen-bond acceptors (Lipinski definition) is 10. The number of aromatic hydroxyl groups is 1. The van der Waals surface area contributed by atoms with Crippen LogP contribution < -0.4 is 4.74 Å². The first-order valence-corrected chi connectivity index (χ1v) is 10.7. The van der Waals surface area contributed by atoms with Crippen molar-refractivity contribution in [1.82, 2.24) is 0 Å². The molecule has 2 fully saturated rings. The molecule has 186 valence electrons. The van der Waals surface area contributed by atoms with Crippen LogP contribution in [0, 0.1) is 5.92 Å². The van der Waals surface area contributed by atoms with Crippen molar-refractivity contribution < 1.29 is 54.4 Å². The molecule has 2 aromatic rings. The minimum atomic E-state index is -1.60. The second-order valence-electron chi connectivity index (χ2n) is 8.22. The first kappa shape index (κ1) is 24.6. The van der Waals surface area contributed by atoms with Crippen LogP contribution >= 0.6 is 0 Å². The van der Waals surface area contributed by atoms with Crippen molar-refractivity contribution in [3.05, 3.63) is 65.2 Å². The number of aliphatic hydroxyl groups excluding tert-OH is 4. The van der Waals surface area contributed by atoms with E-state index in [0.29, 0.717) is 11.1 Å². The van der Waals surface area contributed by atoms with E-state index in [-0.39, 0.29) is 17.1 Å². The van der Waals surface area contributed by atoms with E-state index < -0.39 is 61.3 Å². The van der Waals surface area contributed by atoms with Gasteiger partial charge in [-0.2, -0.15) is 0 Å². The fraction of sp³-hybridized carbons (Fsp3) is 0.333. The van der Waals surface area contributed by atoms with Gasteiger partial charge in [0.15, 0.2) is 0 Å². The molecule has 2 aliphatic heterocycles. The molecule has 0 amide bonds. The molecule has 2 heterocycles.